The molecule has 0 unspecified atom stereocenters. The Bertz CT molecular complexity index is 267. The molecule has 0 spiro atoms. The zero-order valence-corrected chi connectivity index (χ0v) is 8.59. The van der Waals surface area contributed by atoms with Crippen LogP contribution in [0.25, 0.3) is 5.57 Å². The van der Waals surface area contributed by atoms with Crippen LogP contribution in [0.5, 0.6) is 0 Å². The van der Waals surface area contributed by atoms with E-state index in [4.69, 9.17) is 11.6 Å². The topological polar surface area (TPSA) is 12.9 Å². The first kappa shape index (κ1) is 10.3. The van der Waals surface area contributed by atoms with Gasteiger partial charge in [-0.1, -0.05) is 31.0 Å². The summed E-state index contributed by atoms with van der Waals surface area (Å²) in [5.74, 6) is 0. The summed E-state index contributed by atoms with van der Waals surface area (Å²) in [7, 11) is 0. The molecule has 0 saturated heterocycles. The number of rotatable bonds is 4. The number of hydrogen-bond acceptors (Lipinski definition) is 1. The first-order chi connectivity index (χ1) is 6.38. The molecule has 1 heterocycles. The molecule has 1 aromatic heterocycles. The third kappa shape index (κ3) is 3.19. The molecule has 0 atom stereocenters. The molecule has 70 valence electrons. The van der Waals surface area contributed by atoms with Crippen molar-refractivity contribution in [2.24, 2.45) is 0 Å². The summed E-state index contributed by atoms with van der Waals surface area (Å²) >= 11 is 5.75. The third-order valence-electron chi connectivity index (χ3n) is 1.96. The van der Waals surface area contributed by atoms with Gasteiger partial charge in [0.2, 0.25) is 0 Å². The molecule has 0 bridgehead atoms. The monoisotopic (exact) mass is 195 g/mol. The summed E-state index contributed by atoms with van der Waals surface area (Å²) in [5.41, 5.74) is 3.97. The SMILES string of the molecule is CCCCC(=CCl)c1cccnc1. The van der Waals surface area contributed by atoms with Crippen LogP contribution >= 0.6 is 11.6 Å². The lowest BCUT2D eigenvalue weighted by molar-refractivity contribution is 0.824. The van der Waals surface area contributed by atoms with E-state index in [2.05, 4.69) is 11.9 Å². The smallest absolute Gasteiger partial charge is 0.0343 e. The van der Waals surface area contributed by atoms with Crippen molar-refractivity contribution in [1.29, 1.82) is 0 Å². The van der Waals surface area contributed by atoms with Crippen LogP contribution in [0.2, 0.25) is 0 Å². The van der Waals surface area contributed by atoms with Crippen LogP contribution in [0.15, 0.2) is 30.1 Å². The van der Waals surface area contributed by atoms with Crippen molar-refractivity contribution in [3.05, 3.63) is 35.6 Å². The van der Waals surface area contributed by atoms with E-state index in [1.807, 2.05) is 18.3 Å². The van der Waals surface area contributed by atoms with Gasteiger partial charge in [-0.25, -0.2) is 0 Å². The highest BCUT2D eigenvalue weighted by atomic mass is 35.5. The zero-order chi connectivity index (χ0) is 9.52. The second-order valence-corrected chi connectivity index (χ2v) is 3.20. The predicted molar refractivity (Wildman–Crippen MR) is 57.6 cm³/mol. The number of nitrogens with zero attached hydrogens (tertiary/aromatic N) is 1. The average molecular weight is 196 g/mol. The van der Waals surface area contributed by atoms with Crippen molar-refractivity contribution >= 4 is 17.2 Å². The van der Waals surface area contributed by atoms with Crippen molar-refractivity contribution in [3.8, 4) is 0 Å². The molecule has 0 amide bonds. The Labute approximate surface area is 84.5 Å². The Kier molecular flexibility index (Phi) is 4.55. The molecule has 0 N–H and O–H groups in total. The average Bonchev–Trinajstić information content (AvgIpc) is 2.21. The summed E-state index contributed by atoms with van der Waals surface area (Å²) in [6, 6.07) is 3.97. The van der Waals surface area contributed by atoms with Gasteiger partial charge in [-0.2, -0.15) is 0 Å². The van der Waals surface area contributed by atoms with Crippen LogP contribution in [-0.4, -0.2) is 4.98 Å². The van der Waals surface area contributed by atoms with E-state index >= 15 is 0 Å². The molecule has 0 fully saturated rings. The van der Waals surface area contributed by atoms with E-state index in [0.717, 1.165) is 12.0 Å². The maximum absolute atomic E-state index is 5.75. The minimum absolute atomic E-state index is 1.03. The van der Waals surface area contributed by atoms with Gasteiger partial charge in [0.25, 0.3) is 0 Å². The van der Waals surface area contributed by atoms with E-state index in [1.54, 1.807) is 11.7 Å². The number of unbranched alkanes of at least 4 members (excludes halogenated alkanes) is 1. The number of hydrogen-bond donors (Lipinski definition) is 0. The largest absolute Gasteiger partial charge is 0.264 e. The molecule has 1 nitrogen and oxygen atoms in total. The molecule has 13 heavy (non-hydrogen) atoms. The van der Waals surface area contributed by atoms with Gasteiger partial charge in [-0.3, -0.25) is 4.98 Å². The van der Waals surface area contributed by atoms with E-state index in [1.165, 1.54) is 18.4 Å². The molecular formula is C11H14ClN. The highest BCUT2D eigenvalue weighted by Crippen LogP contribution is 2.20. The number of halogens is 1. The highest BCUT2D eigenvalue weighted by molar-refractivity contribution is 6.28. The van der Waals surface area contributed by atoms with Gasteiger partial charge in [0.1, 0.15) is 0 Å². The maximum atomic E-state index is 5.75. The zero-order valence-electron chi connectivity index (χ0n) is 7.83. The summed E-state index contributed by atoms with van der Waals surface area (Å²) in [6.07, 6.45) is 7.02. The van der Waals surface area contributed by atoms with E-state index in [0.29, 0.717) is 0 Å². The van der Waals surface area contributed by atoms with Gasteiger partial charge in [0.05, 0.1) is 0 Å². The van der Waals surface area contributed by atoms with E-state index in [9.17, 15) is 0 Å². The van der Waals surface area contributed by atoms with E-state index in [-0.39, 0.29) is 0 Å². The predicted octanol–water partition coefficient (Wildman–Crippen LogP) is 3.85. The molecule has 0 aromatic carbocycles. The lowest BCUT2D eigenvalue weighted by atomic mass is 10.0. The lowest BCUT2D eigenvalue weighted by Gasteiger charge is -2.04. The minimum atomic E-state index is 1.03. The molecule has 0 saturated carbocycles. The van der Waals surface area contributed by atoms with Crippen molar-refractivity contribution in [2.45, 2.75) is 26.2 Å². The maximum Gasteiger partial charge on any atom is 0.0343 e. The van der Waals surface area contributed by atoms with Crippen LogP contribution in [0.3, 0.4) is 0 Å². The van der Waals surface area contributed by atoms with Crippen molar-refractivity contribution < 1.29 is 0 Å². The fourth-order valence-corrected chi connectivity index (χ4v) is 1.42. The summed E-state index contributed by atoms with van der Waals surface area (Å²) in [6.45, 7) is 2.18. The molecule has 0 aliphatic carbocycles. The van der Waals surface area contributed by atoms with Crippen LogP contribution in [0.1, 0.15) is 31.7 Å². The van der Waals surface area contributed by atoms with Crippen molar-refractivity contribution in [3.63, 3.8) is 0 Å². The molecule has 0 radical (unpaired) electrons. The van der Waals surface area contributed by atoms with E-state index < -0.39 is 0 Å². The lowest BCUT2D eigenvalue weighted by Crippen LogP contribution is -1.85. The number of pyridine rings is 1. The highest BCUT2D eigenvalue weighted by Gasteiger charge is 1.99. The van der Waals surface area contributed by atoms with Gasteiger partial charge in [-0.05, 0) is 30.0 Å². The summed E-state index contributed by atoms with van der Waals surface area (Å²) in [4.78, 5) is 4.06. The normalized spacial score (nSPS) is 11.7. The molecule has 1 rings (SSSR count). The molecule has 2 heteroatoms. The van der Waals surface area contributed by atoms with Crippen molar-refractivity contribution in [2.75, 3.05) is 0 Å². The van der Waals surface area contributed by atoms with Crippen molar-refractivity contribution in [1.82, 2.24) is 4.98 Å². The fraction of sp³-hybridized carbons (Fsp3) is 0.364. The summed E-state index contributed by atoms with van der Waals surface area (Å²) in [5, 5.41) is 0. The second kappa shape index (κ2) is 5.76. The number of allylic oxidation sites excluding steroid dienone is 1. The van der Waals surface area contributed by atoms with Gasteiger partial charge < -0.3 is 0 Å². The quantitative estimate of drug-likeness (QED) is 0.711. The van der Waals surface area contributed by atoms with Crippen LogP contribution in [-0.2, 0) is 0 Å². The second-order valence-electron chi connectivity index (χ2n) is 2.98. The van der Waals surface area contributed by atoms with Crippen LogP contribution in [0, 0.1) is 0 Å². The van der Waals surface area contributed by atoms with Gasteiger partial charge in [-0.15, -0.1) is 0 Å². The first-order valence-electron chi connectivity index (χ1n) is 4.58. The Hall–Kier alpha value is -0.820. The van der Waals surface area contributed by atoms with Gasteiger partial charge in [0.15, 0.2) is 0 Å². The molecular weight excluding hydrogens is 182 g/mol. The van der Waals surface area contributed by atoms with Gasteiger partial charge >= 0.3 is 0 Å². The van der Waals surface area contributed by atoms with Gasteiger partial charge in [0, 0.05) is 17.9 Å². The Morgan fingerprint density at radius 3 is 3.00 bits per heavy atom. The first-order valence-corrected chi connectivity index (χ1v) is 5.01. The van der Waals surface area contributed by atoms with Crippen LogP contribution in [0.4, 0.5) is 0 Å². The third-order valence-corrected chi connectivity index (χ3v) is 2.23. The standard InChI is InChI=1S/C11H14ClN/c1-2-3-5-10(8-12)11-6-4-7-13-9-11/h4,6-9H,2-3,5H2,1H3. The Morgan fingerprint density at radius 2 is 2.46 bits per heavy atom. The van der Waals surface area contributed by atoms with Crippen LogP contribution < -0.4 is 0 Å². The molecule has 0 aliphatic heterocycles. The minimum Gasteiger partial charge on any atom is -0.264 e. The molecule has 0 aliphatic rings. The molecule has 1 aromatic rings. The Morgan fingerprint density at radius 1 is 1.62 bits per heavy atom. The summed E-state index contributed by atoms with van der Waals surface area (Å²) < 4.78 is 0. The fourth-order valence-electron chi connectivity index (χ4n) is 1.18. The number of aromatic nitrogens is 1. The Balaban J connectivity index is 2.69.